The van der Waals surface area contributed by atoms with Crippen LogP contribution in [-0.2, 0) is 9.53 Å². The summed E-state index contributed by atoms with van der Waals surface area (Å²) in [5, 5.41) is 3.04. The molecule has 0 heterocycles. The molecule has 1 fully saturated rings. The summed E-state index contributed by atoms with van der Waals surface area (Å²) in [6.45, 7) is 2.68. The molecule has 1 aromatic carbocycles. The Morgan fingerprint density at radius 3 is 2.64 bits per heavy atom. The Balaban J connectivity index is 1.90. The third-order valence-electron chi connectivity index (χ3n) is 4.66. The van der Waals surface area contributed by atoms with Crippen LogP contribution in [0.15, 0.2) is 18.2 Å². The first kappa shape index (κ1) is 19.6. The standard InChI is InChI=1S/C20H31NO4/c1-15(21-20(22)10-6-7-13-23-2)16-11-12-18(19(14-16)24-3)25-17-8-4-5-9-17/h11-12,14-15,17H,4-10,13H2,1-3H3,(H,21,22). The average molecular weight is 349 g/mol. The summed E-state index contributed by atoms with van der Waals surface area (Å²) < 4.78 is 16.6. The van der Waals surface area contributed by atoms with E-state index in [0.717, 1.165) is 42.7 Å². The van der Waals surface area contributed by atoms with Gasteiger partial charge in [0.05, 0.1) is 19.3 Å². The lowest BCUT2D eigenvalue weighted by atomic mass is 10.1. The highest BCUT2D eigenvalue weighted by molar-refractivity contribution is 5.76. The highest BCUT2D eigenvalue weighted by Crippen LogP contribution is 2.33. The predicted molar refractivity (Wildman–Crippen MR) is 98.2 cm³/mol. The molecular weight excluding hydrogens is 318 g/mol. The van der Waals surface area contributed by atoms with Crippen molar-refractivity contribution in [3.8, 4) is 11.5 Å². The molecule has 0 aliphatic heterocycles. The lowest BCUT2D eigenvalue weighted by molar-refractivity contribution is -0.121. The van der Waals surface area contributed by atoms with Crippen LogP contribution in [0.25, 0.3) is 0 Å². The second-order valence-corrected chi connectivity index (χ2v) is 6.67. The molecule has 2 rings (SSSR count). The Bertz CT molecular complexity index is 540. The summed E-state index contributed by atoms with van der Waals surface area (Å²) in [6.07, 6.45) is 7.25. The molecule has 0 bridgehead atoms. The number of carbonyl (C=O) groups excluding carboxylic acids is 1. The van der Waals surface area contributed by atoms with Crippen LogP contribution in [0.5, 0.6) is 11.5 Å². The van der Waals surface area contributed by atoms with Crippen molar-refractivity contribution in [1.82, 2.24) is 5.32 Å². The molecule has 25 heavy (non-hydrogen) atoms. The number of carbonyl (C=O) groups is 1. The number of unbranched alkanes of at least 4 members (excludes halogenated alkanes) is 1. The zero-order valence-corrected chi connectivity index (χ0v) is 15.7. The SMILES string of the molecule is COCCCCC(=O)NC(C)c1ccc(OC2CCCC2)c(OC)c1. The van der Waals surface area contributed by atoms with Crippen LogP contribution in [0.2, 0.25) is 0 Å². The molecule has 5 heteroatoms. The number of benzene rings is 1. The van der Waals surface area contributed by atoms with Gasteiger partial charge in [0, 0.05) is 20.1 Å². The molecule has 1 saturated carbocycles. The summed E-state index contributed by atoms with van der Waals surface area (Å²) >= 11 is 0. The molecule has 0 aromatic heterocycles. The summed E-state index contributed by atoms with van der Waals surface area (Å²) in [5.74, 6) is 1.58. The van der Waals surface area contributed by atoms with Crippen LogP contribution in [0, 0.1) is 0 Å². The molecular formula is C20H31NO4. The maximum atomic E-state index is 12.0. The smallest absolute Gasteiger partial charge is 0.220 e. The van der Waals surface area contributed by atoms with Gasteiger partial charge >= 0.3 is 0 Å². The van der Waals surface area contributed by atoms with Crippen LogP contribution in [-0.4, -0.2) is 32.8 Å². The first-order chi connectivity index (χ1) is 12.1. The normalized spacial score (nSPS) is 15.8. The molecule has 0 saturated heterocycles. The number of ether oxygens (including phenoxy) is 3. The van der Waals surface area contributed by atoms with Gasteiger partial charge in [0.15, 0.2) is 11.5 Å². The highest BCUT2D eigenvalue weighted by atomic mass is 16.5. The van der Waals surface area contributed by atoms with E-state index < -0.39 is 0 Å². The largest absolute Gasteiger partial charge is 0.493 e. The van der Waals surface area contributed by atoms with Crippen molar-refractivity contribution in [2.75, 3.05) is 20.8 Å². The molecule has 0 radical (unpaired) electrons. The van der Waals surface area contributed by atoms with Gasteiger partial charge < -0.3 is 19.5 Å². The molecule has 140 valence electrons. The van der Waals surface area contributed by atoms with E-state index in [4.69, 9.17) is 14.2 Å². The Labute approximate surface area is 151 Å². The third kappa shape index (κ3) is 6.24. The van der Waals surface area contributed by atoms with E-state index >= 15 is 0 Å². The second-order valence-electron chi connectivity index (χ2n) is 6.67. The van der Waals surface area contributed by atoms with Gasteiger partial charge in [-0.1, -0.05) is 6.07 Å². The topological polar surface area (TPSA) is 56.8 Å². The molecule has 1 amide bonds. The van der Waals surface area contributed by atoms with E-state index in [2.05, 4.69) is 5.32 Å². The molecule has 1 aliphatic carbocycles. The van der Waals surface area contributed by atoms with Gasteiger partial charge in [-0.15, -0.1) is 0 Å². The van der Waals surface area contributed by atoms with E-state index in [0.29, 0.717) is 19.1 Å². The van der Waals surface area contributed by atoms with Crippen molar-refractivity contribution in [3.05, 3.63) is 23.8 Å². The molecule has 1 N–H and O–H groups in total. The number of rotatable bonds is 10. The average Bonchev–Trinajstić information content (AvgIpc) is 3.12. The fourth-order valence-electron chi connectivity index (χ4n) is 3.17. The van der Waals surface area contributed by atoms with Gasteiger partial charge in [-0.3, -0.25) is 4.79 Å². The quantitative estimate of drug-likeness (QED) is 0.649. The van der Waals surface area contributed by atoms with Crippen LogP contribution < -0.4 is 14.8 Å². The van der Waals surface area contributed by atoms with Crippen LogP contribution in [0.3, 0.4) is 0 Å². The van der Waals surface area contributed by atoms with E-state index in [9.17, 15) is 4.79 Å². The van der Waals surface area contributed by atoms with Crippen molar-refractivity contribution in [3.63, 3.8) is 0 Å². The minimum Gasteiger partial charge on any atom is -0.493 e. The Kier molecular flexibility index (Phi) is 8.06. The number of hydrogen-bond acceptors (Lipinski definition) is 4. The van der Waals surface area contributed by atoms with E-state index in [1.54, 1.807) is 14.2 Å². The Morgan fingerprint density at radius 1 is 1.20 bits per heavy atom. The van der Waals surface area contributed by atoms with Gasteiger partial charge in [-0.2, -0.15) is 0 Å². The van der Waals surface area contributed by atoms with Gasteiger partial charge in [0.2, 0.25) is 5.91 Å². The van der Waals surface area contributed by atoms with Crippen molar-refractivity contribution in [2.45, 2.75) is 64.0 Å². The van der Waals surface area contributed by atoms with Gasteiger partial charge in [-0.05, 0) is 63.1 Å². The fourth-order valence-corrected chi connectivity index (χ4v) is 3.17. The summed E-state index contributed by atoms with van der Waals surface area (Å²) in [7, 11) is 3.33. The lowest BCUT2D eigenvalue weighted by Gasteiger charge is -2.19. The maximum Gasteiger partial charge on any atom is 0.220 e. The summed E-state index contributed by atoms with van der Waals surface area (Å²) in [6, 6.07) is 5.85. The molecule has 1 unspecified atom stereocenters. The molecule has 5 nitrogen and oxygen atoms in total. The van der Waals surface area contributed by atoms with Crippen molar-refractivity contribution >= 4 is 5.91 Å². The molecule has 1 aliphatic rings. The minimum absolute atomic E-state index is 0.0638. The minimum atomic E-state index is -0.0654. The van der Waals surface area contributed by atoms with Crippen LogP contribution in [0.1, 0.15) is 63.5 Å². The van der Waals surface area contributed by atoms with Gasteiger partial charge in [0.25, 0.3) is 0 Å². The monoisotopic (exact) mass is 349 g/mol. The summed E-state index contributed by atoms with van der Waals surface area (Å²) in [4.78, 5) is 12.0. The van der Waals surface area contributed by atoms with Crippen LogP contribution >= 0.6 is 0 Å². The van der Waals surface area contributed by atoms with E-state index in [-0.39, 0.29) is 11.9 Å². The van der Waals surface area contributed by atoms with Crippen molar-refractivity contribution in [1.29, 1.82) is 0 Å². The zero-order valence-electron chi connectivity index (χ0n) is 15.7. The molecule has 0 spiro atoms. The van der Waals surface area contributed by atoms with E-state index in [1.165, 1.54) is 12.8 Å². The van der Waals surface area contributed by atoms with Gasteiger partial charge in [-0.25, -0.2) is 0 Å². The molecule has 1 atom stereocenters. The molecule has 1 aromatic rings. The highest BCUT2D eigenvalue weighted by Gasteiger charge is 2.19. The number of hydrogen-bond donors (Lipinski definition) is 1. The van der Waals surface area contributed by atoms with E-state index in [1.807, 2.05) is 25.1 Å². The number of amides is 1. The Hall–Kier alpha value is -1.75. The fraction of sp³-hybridized carbons (Fsp3) is 0.650. The van der Waals surface area contributed by atoms with Crippen molar-refractivity contribution < 1.29 is 19.0 Å². The Morgan fingerprint density at radius 2 is 1.96 bits per heavy atom. The third-order valence-corrected chi connectivity index (χ3v) is 4.66. The zero-order chi connectivity index (χ0) is 18.1. The van der Waals surface area contributed by atoms with Crippen LogP contribution in [0.4, 0.5) is 0 Å². The lowest BCUT2D eigenvalue weighted by Crippen LogP contribution is -2.26. The number of nitrogens with one attached hydrogen (secondary N) is 1. The van der Waals surface area contributed by atoms with Gasteiger partial charge in [0.1, 0.15) is 0 Å². The maximum absolute atomic E-state index is 12.0. The van der Waals surface area contributed by atoms with Crippen molar-refractivity contribution in [2.24, 2.45) is 0 Å². The first-order valence-corrected chi connectivity index (χ1v) is 9.27. The predicted octanol–water partition coefficient (Wildman–Crippen LogP) is 4.01. The first-order valence-electron chi connectivity index (χ1n) is 9.27. The number of methoxy groups -OCH3 is 2. The second kappa shape index (κ2) is 10.3. The summed E-state index contributed by atoms with van der Waals surface area (Å²) in [5.41, 5.74) is 1.01.